The predicted octanol–water partition coefficient (Wildman–Crippen LogP) is 0.973. The van der Waals surface area contributed by atoms with Gasteiger partial charge in [0.1, 0.15) is 11.7 Å². The smallest absolute Gasteiger partial charge is 0.191 e. The van der Waals surface area contributed by atoms with Crippen LogP contribution in [0.2, 0.25) is 0 Å². The number of hydrogen-bond donors (Lipinski definition) is 1. The SMILES string of the molecule is CC[C@@]1(CO)O[C@@H]2OC(C)(C)O[C@@H]2[C@@H]1F. The fourth-order valence-electron chi connectivity index (χ4n) is 2.16. The van der Waals surface area contributed by atoms with Crippen LogP contribution in [-0.4, -0.2) is 41.7 Å². The minimum atomic E-state index is -1.35. The van der Waals surface area contributed by atoms with Crippen LogP contribution in [0.5, 0.6) is 0 Å². The molecule has 0 bridgehead atoms. The molecule has 0 aromatic heterocycles. The van der Waals surface area contributed by atoms with Gasteiger partial charge in [-0.05, 0) is 20.3 Å². The highest BCUT2D eigenvalue weighted by Crippen LogP contribution is 2.44. The van der Waals surface area contributed by atoms with Crippen LogP contribution < -0.4 is 0 Å². The summed E-state index contributed by atoms with van der Waals surface area (Å²) in [6.07, 6.45) is -2.39. The number of fused-ring (bicyclic) bond motifs is 1. The summed E-state index contributed by atoms with van der Waals surface area (Å²) in [6.45, 7) is 4.85. The summed E-state index contributed by atoms with van der Waals surface area (Å²) in [7, 11) is 0. The molecule has 2 fully saturated rings. The fraction of sp³-hybridized carbons (Fsp3) is 1.00. The summed E-state index contributed by atoms with van der Waals surface area (Å²) >= 11 is 0. The molecule has 0 radical (unpaired) electrons. The van der Waals surface area contributed by atoms with Crippen molar-refractivity contribution in [2.45, 2.75) is 57.1 Å². The molecule has 5 heteroatoms. The Morgan fingerprint density at radius 1 is 1.27 bits per heavy atom. The molecule has 88 valence electrons. The second kappa shape index (κ2) is 3.38. The first-order chi connectivity index (χ1) is 6.94. The van der Waals surface area contributed by atoms with Gasteiger partial charge in [0.05, 0.1) is 6.61 Å². The normalized spacial score (nSPS) is 48.2. The van der Waals surface area contributed by atoms with Crippen molar-refractivity contribution in [3.05, 3.63) is 0 Å². The van der Waals surface area contributed by atoms with Crippen molar-refractivity contribution in [1.82, 2.24) is 0 Å². The summed E-state index contributed by atoms with van der Waals surface area (Å²) in [5, 5.41) is 9.20. The summed E-state index contributed by atoms with van der Waals surface area (Å²) in [6, 6.07) is 0. The van der Waals surface area contributed by atoms with E-state index in [2.05, 4.69) is 0 Å². The maximum Gasteiger partial charge on any atom is 0.191 e. The van der Waals surface area contributed by atoms with E-state index in [1.165, 1.54) is 0 Å². The first kappa shape index (κ1) is 11.3. The topological polar surface area (TPSA) is 47.9 Å². The van der Waals surface area contributed by atoms with Gasteiger partial charge in [-0.3, -0.25) is 0 Å². The summed E-state index contributed by atoms with van der Waals surface area (Å²) in [5.41, 5.74) is -1.16. The highest BCUT2D eigenvalue weighted by molar-refractivity contribution is 5.02. The standard InChI is InChI=1S/C10H17FO4/c1-4-10(5-12)7(11)6-8(15-10)14-9(2,3)13-6/h6-8,12H,4-5H2,1-3H3/t6-,7+,8+,10+/m1/s1. The number of aliphatic hydroxyl groups is 1. The second-order valence-corrected chi connectivity index (χ2v) is 4.56. The van der Waals surface area contributed by atoms with Gasteiger partial charge >= 0.3 is 0 Å². The molecule has 4 nitrogen and oxygen atoms in total. The third-order valence-corrected chi connectivity index (χ3v) is 3.10. The fourth-order valence-corrected chi connectivity index (χ4v) is 2.16. The molecule has 4 atom stereocenters. The van der Waals surface area contributed by atoms with E-state index in [1.807, 2.05) is 0 Å². The van der Waals surface area contributed by atoms with Crippen LogP contribution in [0.15, 0.2) is 0 Å². The van der Waals surface area contributed by atoms with Gasteiger partial charge in [-0.2, -0.15) is 0 Å². The van der Waals surface area contributed by atoms with E-state index in [-0.39, 0.29) is 6.61 Å². The molecule has 0 aliphatic carbocycles. The van der Waals surface area contributed by atoms with E-state index < -0.39 is 30.0 Å². The van der Waals surface area contributed by atoms with Crippen molar-refractivity contribution in [3.63, 3.8) is 0 Å². The van der Waals surface area contributed by atoms with Crippen molar-refractivity contribution in [2.24, 2.45) is 0 Å². The van der Waals surface area contributed by atoms with Crippen molar-refractivity contribution < 1.29 is 23.7 Å². The van der Waals surface area contributed by atoms with Crippen LogP contribution in [-0.2, 0) is 14.2 Å². The molecule has 0 spiro atoms. The quantitative estimate of drug-likeness (QED) is 0.753. The molecule has 2 aliphatic rings. The third kappa shape index (κ3) is 1.58. The van der Waals surface area contributed by atoms with E-state index in [1.54, 1.807) is 20.8 Å². The van der Waals surface area contributed by atoms with Crippen molar-refractivity contribution >= 4 is 0 Å². The lowest BCUT2D eigenvalue weighted by atomic mass is 9.95. The molecule has 0 aromatic carbocycles. The Labute approximate surface area is 88.3 Å². The van der Waals surface area contributed by atoms with Crippen LogP contribution in [0.4, 0.5) is 4.39 Å². The zero-order valence-corrected chi connectivity index (χ0v) is 9.20. The zero-order chi connectivity index (χ0) is 11.3. The predicted molar refractivity (Wildman–Crippen MR) is 49.9 cm³/mol. The number of rotatable bonds is 2. The Balaban J connectivity index is 2.17. The van der Waals surface area contributed by atoms with Crippen LogP contribution >= 0.6 is 0 Å². The van der Waals surface area contributed by atoms with Gasteiger partial charge in [-0.1, -0.05) is 6.92 Å². The number of ether oxygens (including phenoxy) is 3. The maximum atomic E-state index is 14.1. The lowest BCUT2D eigenvalue weighted by Crippen LogP contribution is -2.45. The first-order valence-electron chi connectivity index (χ1n) is 5.22. The Kier molecular flexibility index (Phi) is 2.54. The summed E-state index contributed by atoms with van der Waals surface area (Å²) < 4.78 is 30.3. The Bertz CT molecular complexity index is 252. The molecular weight excluding hydrogens is 203 g/mol. The Morgan fingerprint density at radius 2 is 1.93 bits per heavy atom. The van der Waals surface area contributed by atoms with Gasteiger partial charge in [-0.15, -0.1) is 0 Å². The highest BCUT2D eigenvalue weighted by Gasteiger charge is 2.61. The summed E-state index contributed by atoms with van der Waals surface area (Å²) in [5.74, 6) is -0.810. The van der Waals surface area contributed by atoms with E-state index in [9.17, 15) is 9.50 Å². The molecule has 2 heterocycles. The van der Waals surface area contributed by atoms with Gasteiger partial charge in [0.2, 0.25) is 0 Å². The first-order valence-corrected chi connectivity index (χ1v) is 5.22. The third-order valence-electron chi connectivity index (χ3n) is 3.10. The monoisotopic (exact) mass is 220 g/mol. The molecule has 2 rings (SSSR count). The van der Waals surface area contributed by atoms with E-state index >= 15 is 0 Å². The lowest BCUT2D eigenvalue weighted by molar-refractivity contribution is -0.240. The van der Waals surface area contributed by atoms with Crippen LogP contribution in [0, 0.1) is 0 Å². The number of hydrogen-bond acceptors (Lipinski definition) is 4. The molecule has 0 amide bonds. The molecule has 0 unspecified atom stereocenters. The Hall–Kier alpha value is -0.230. The van der Waals surface area contributed by atoms with Crippen LogP contribution in [0.3, 0.4) is 0 Å². The zero-order valence-electron chi connectivity index (χ0n) is 9.20. The Morgan fingerprint density at radius 3 is 2.40 bits per heavy atom. The van der Waals surface area contributed by atoms with Gasteiger partial charge in [0.15, 0.2) is 18.2 Å². The second-order valence-electron chi connectivity index (χ2n) is 4.56. The molecular formula is C10H17FO4. The van der Waals surface area contributed by atoms with E-state index in [0.29, 0.717) is 6.42 Å². The van der Waals surface area contributed by atoms with Gasteiger partial charge < -0.3 is 19.3 Å². The van der Waals surface area contributed by atoms with Crippen LogP contribution in [0.1, 0.15) is 27.2 Å². The molecule has 0 aromatic rings. The average Bonchev–Trinajstić information content (AvgIpc) is 2.59. The van der Waals surface area contributed by atoms with Crippen molar-refractivity contribution in [3.8, 4) is 0 Å². The van der Waals surface area contributed by atoms with Crippen molar-refractivity contribution in [1.29, 1.82) is 0 Å². The van der Waals surface area contributed by atoms with E-state index in [0.717, 1.165) is 0 Å². The molecule has 2 aliphatic heterocycles. The molecule has 0 saturated carbocycles. The minimum Gasteiger partial charge on any atom is -0.393 e. The van der Waals surface area contributed by atoms with Gasteiger partial charge in [-0.25, -0.2) is 4.39 Å². The lowest BCUT2D eigenvalue weighted by Gasteiger charge is -2.30. The van der Waals surface area contributed by atoms with E-state index in [4.69, 9.17) is 14.2 Å². The molecule has 2 saturated heterocycles. The minimum absolute atomic E-state index is 0.356. The molecule has 15 heavy (non-hydrogen) atoms. The highest BCUT2D eigenvalue weighted by atomic mass is 19.1. The largest absolute Gasteiger partial charge is 0.393 e. The maximum absolute atomic E-state index is 14.1. The van der Waals surface area contributed by atoms with Crippen molar-refractivity contribution in [2.75, 3.05) is 6.61 Å². The average molecular weight is 220 g/mol. The van der Waals surface area contributed by atoms with Gasteiger partial charge in [0, 0.05) is 0 Å². The number of aliphatic hydroxyl groups excluding tert-OH is 1. The van der Waals surface area contributed by atoms with Crippen LogP contribution in [0.25, 0.3) is 0 Å². The summed E-state index contributed by atoms with van der Waals surface area (Å²) in [4.78, 5) is 0. The number of halogens is 1. The van der Waals surface area contributed by atoms with Gasteiger partial charge in [0.25, 0.3) is 0 Å². The number of alkyl halides is 1. The molecule has 1 N–H and O–H groups in total.